The van der Waals surface area contributed by atoms with Crippen molar-refractivity contribution >= 4 is 6.08 Å². The third-order valence-corrected chi connectivity index (χ3v) is 5.27. The molecule has 0 bridgehead atoms. The number of hydrogen-bond donors (Lipinski definition) is 0. The predicted octanol–water partition coefficient (Wildman–Crippen LogP) is 3.12. The molecule has 2 saturated heterocycles. The molecule has 23 heavy (non-hydrogen) atoms. The molecule has 1 aromatic heterocycles. The Kier molecular flexibility index (Phi) is 5.57. The number of piperidine rings is 1. The molecule has 0 aromatic carbocycles. The average molecular weight is 318 g/mol. The molecule has 2 aliphatic rings. The van der Waals surface area contributed by atoms with Crippen LogP contribution < -0.4 is 0 Å². The molecule has 3 rings (SSSR count). The van der Waals surface area contributed by atoms with Crippen molar-refractivity contribution in [1.29, 1.82) is 0 Å². The van der Waals surface area contributed by atoms with Crippen molar-refractivity contribution in [3.63, 3.8) is 0 Å². The summed E-state index contributed by atoms with van der Waals surface area (Å²) in [6, 6.07) is 3.96. The van der Waals surface area contributed by atoms with Crippen LogP contribution in [0, 0.1) is 5.41 Å². The van der Waals surface area contributed by atoms with Gasteiger partial charge in [-0.05, 0) is 62.9 Å². The van der Waals surface area contributed by atoms with Gasteiger partial charge < -0.3 is 14.1 Å². The van der Waals surface area contributed by atoms with Crippen molar-refractivity contribution in [1.82, 2.24) is 9.80 Å². The van der Waals surface area contributed by atoms with Gasteiger partial charge in [0.1, 0.15) is 5.76 Å². The van der Waals surface area contributed by atoms with Crippen LogP contribution in [0.1, 0.15) is 31.9 Å². The Bertz CT molecular complexity index is 511. The van der Waals surface area contributed by atoms with Crippen molar-refractivity contribution in [2.24, 2.45) is 5.41 Å². The molecule has 128 valence electrons. The van der Waals surface area contributed by atoms with Crippen LogP contribution in [0.2, 0.25) is 0 Å². The summed E-state index contributed by atoms with van der Waals surface area (Å²) in [4.78, 5) is 5.22. The summed E-state index contributed by atoms with van der Waals surface area (Å²) in [6.45, 7) is 10.1. The molecule has 0 N–H and O–H groups in total. The molecule has 3 heterocycles. The maximum Gasteiger partial charge on any atom is 0.126 e. The summed E-state index contributed by atoms with van der Waals surface area (Å²) in [5.41, 5.74) is 1.89. The maximum atomic E-state index is 5.42. The third kappa shape index (κ3) is 4.46. The van der Waals surface area contributed by atoms with Gasteiger partial charge in [0.15, 0.2) is 0 Å². The molecule has 2 aliphatic heterocycles. The van der Waals surface area contributed by atoms with Gasteiger partial charge in [0.2, 0.25) is 0 Å². The van der Waals surface area contributed by atoms with Gasteiger partial charge in [0.25, 0.3) is 0 Å². The number of ether oxygens (including phenoxy) is 1. The number of hydrogen-bond acceptors (Lipinski definition) is 4. The first-order valence-electron chi connectivity index (χ1n) is 8.83. The first kappa shape index (κ1) is 16.7. The predicted molar refractivity (Wildman–Crippen MR) is 93.4 cm³/mol. The van der Waals surface area contributed by atoms with Crippen molar-refractivity contribution < 1.29 is 9.15 Å². The van der Waals surface area contributed by atoms with E-state index in [1.54, 1.807) is 13.4 Å². The fraction of sp³-hybridized carbons (Fsp3) is 0.684. The molecular formula is C19H30N2O2. The first-order chi connectivity index (χ1) is 11.2. The summed E-state index contributed by atoms with van der Waals surface area (Å²) >= 11 is 0. The standard InChI is InChI=1S/C19H30N2O2/c1-17(13-18-5-3-11-23-18)14-21-9-7-19(16-21)6-4-8-20(15-19)10-12-22-2/h3,5,11,13H,4,6-10,12,14-16H2,1-2H3. The molecule has 2 fully saturated rings. The number of methoxy groups -OCH3 is 1. The van der Waals surface area contributed by atoms with E-state index in [1.807, 2.05) is 12.1 Å². The van der Waals surface area contributed by atoms with Crippen LogP contribution in [0.5, 0.6) is 0 Å². The zero-order valence-corrected chi connectivity index (χ0v) is 14.6. The maximum absolute atomic E-state index is 5.42. The minimum Gasteiger partial charge on any atom is -0.465 e. The molecule has 1 unspecified atom stereocenters. The van der Waals surface area contributed by atoms with E-state index in [0.29, 0.717) is 5.41 Å². The fourth-order valence-corrected chi connectivity index (χ4v) is 4.23. The van der Waals surface area contributed by atoms with Crippen LogP contribution in [0.15, 0.2) is 28.4 Å². The number of nitrogens with zero attached hydrogens (tertiary/aromatic N) is 2. The highest BCUT2D eigenvalue weighted by molar-refractivity contribution is 5.46. The van der Waals surface area contributed by atoms with Gasteiger partial charge in [-0.3, -0.25) is 4.90 Å². The van der Waals surface area contributed by atoms with Gasteiger partial charge >= 0.3 is 0 Å². The Morgan fingerprint density at radius 2 is 2.17 bits per heavy atom. The first-order valence-corrected chi connectivity index (χ1v) is 8.83. The van der Waals surface area contributed by atoms with Crippen LogP contribution in [0.4, 0.5) is 0 Å². The highest BCUT2D eigenvalue weighted by Gasteiger charge is 2.40. The molecule has 1 atom stereocenters. The van der Waals surface area contributed by atoms with E-state index in [0.717, 1.165) is 25.5 Å². The monoisotopic (exact) mass is 318 g/mol. The molecule has 4 nitrogen and oxygen atoms in total. The SMILES string of the molecule is COCCN1CCCC2(CCN(CC(C)=Cc3ccco3)C2)C1. The van der Waals surface area contributed by atoms with Crippen LogP contribution in [0.3, 0.4) is 0 Å². The molecule has 1 spiro atoms. The second-order valence-electron chi connectivity index (χ2n) is 7.34. The normalized spacial score (nSPS) is 27.1. The zero-order valence-electron chi connectivity index (χ0n) is 14.6. The summed E-state index contributed by atoms with van der Waals surface area (Å²) in [6.07, 6.45) is 7.95. The summed E-state index contributed by atoms with van der Waals surface area (Å²) in [5, 5.41) is 0. The molecule has 4 heteroatoms. The molecule has 1 aromatic rings. The molecule has 0 saturated carbocycles. The van der Waals surface area contributed by atoms with E-state index in [-0.39, 0.29) is 0 Å². The molecular weight excluding hydrogens is 288 g/mol. The Balaban J connectivity index is 1.53. The minimum atomic E-state index is 0.511. The van der Waals surface area contributed by atoms with Crippen LogP contribution in [-0.2, 0) is 4.74 Å². The lowest BCUT2D eigenvalue weighted by molar-refractivity contribution is 0.0685. The average Bonchev–Trinajstić information content (AvgIpc) is 3.16. The van der Waals surface area contributed by atoms with E-state index in [2.05, 4.69) is 22.8 Å². The van der Waals surface area contributed by atoms with Crippen molar-refractivity contribution in [2.45, 2.75) is 26.2 Å². The highest BCUT2D eigenvalue weighted by atomic mass is 16.5. The van der Waals surface area contributed by atoms with Crippen LogP contribution in [0.25, 0.3) is 6.08 Å². The number of rotatable bonds is 6. The Morgan fingerprint density at radius 1 is 1.30 bits per heavy atom. The van der Waals surface area contributed by atoms with E-state index < -0.39 is 0 Å². The second kappa shape index (κ2) is 7.65. The van der Waals surface area contributed by atoms with Crippen molar-refractivity contribution in [3.8, 4) is 0 Å². The largest absolute Gasteiger partial charge is 0.465 e. The van der Waals surface area contributed by atoms with Crippen LogP contribution in [-0.4, -0.2) is 62.8 Å². The molecule has 0 aliphatic carbocycles. The minimum absolute atomic E-state index is 0.511. The molecule has 0 radical (unpaired) electrons. The van der Waals surface area contributed by atoms with Crippen LogP contribution >= 0.6 is 0 Å². The molecule has 0 amide bonds. The summed E-state index contributed by atoms with van der Waals surface area (Å²) < 4.78 is 10.7. The fourth-order valence-electron chi connectivity index (χ4n) is 4.23. The Morgan fingerprint density at radius 3 is 2.96 bits per heavy atom. The smallest absolute Gasteiger partial charge is 0.126 e. The van der Waals surface area contributed by atoms with E-state index in [1.165, 1.54) is 51.0 Å². The Labute approximate surface area is 140 Å². The van der Waals surface area contributed by atoms with Gasteiger partial charge in [-0.2, -0.15) is 0 Å². The van der Waals surface area contributed by atoms with Gasteiger partial charge in [0, 0.05) is 33.3 Å². The van der Waals surface area contributed by atoms with E-state index >= 15 is 0 Å². The van der Waals surface area contributed by atoms with Gasteiger partial charge in [-0.15, -0.1) is 0 Å². The third-order valence-electron chi connectivity index (χ3n) is 5.27. The van der Waals surface area contributed by atoms with Crippen molar-refractivity contribution in [3.05, 3.63) is 29.7 Å². The zero-order chi connectivity index (χ0) is 16.1. The highest BCUT2D eigenvalue weighted by Crippen LogP contribution is 2.39. The lowest BCUT2D eigenvalue weighted by atomic mass is 9.79. The topological polar surface area (TPSA) is 28.9 Å². The lowest BCUT2D eigenvalue weighted by Gasteiger charge is -2.40. The summed E-state index contributed by atoms with van der Waals surface area (Å²) in [7, 11) is 1.80. The number of furan rings is 1. The van der Waals surface area contributed by atoms with E-state index in [9.17, 15) is 0 Å². The van der Waals surface area contributed by atoms with Gasteiger partial charge in [-0.25, -0.2) is 0 Å². The lowest BCUT2D eigenvalue weighted by Crippen LogP contribution is -2.45. The van der Waals surface area contributed by atoms with E-state index in [4.69, 9.17) is 9.15 Å². The number of likely N-dealkylation sites (tertiary alicyclic amines) is 2. The quantitative estimate of drug-likeness (QED) is 0.806. The summed E-state index contributed by atoms with van der Waals surface area (Å²) in [5.74, 6) is 0.958. The Hall–Kier alpha value is -1.10. The van der Waals surface area contributed by atoms with Gasteiger partial charge in [0.05, 0.1) is 12.9 Å². The van der Waals surface area contributed by atoms with Gasteiger partial charge in [-0.1, -0.05) is 5.57 Å². The second-order valence-corrected chi connectivity index (χ2v) is 7.34. The van der Waals surface area contributed by atoms with Crippen molar-refractivity contribution in [2.75, 3.05) is 53.0 Å².